The predicted octanol–water partition coefficient (Wildman–Crippen LogP) is 1.57. The Labute approximate surface area is 197 Å². The highest BCUT2D eigenvalue weighted by atomic mass is 16.5. The second kappa shape index (κ2) is 12.1. The molecule has 2 atom stereocenters. The number of nitrogens with zero attached hydrogens (tertiary/aromatic N) is 2. The molecule has 2 heterocycles. The first kappa shape index (κ1) is 25.2. The summed E-state index contributed by atoms with van der Waals surface area (Å²) >= 11 is 0. The van der Waals surface area contributed by atoms with E-state index in [2.05, 4.69) is 21.6 Å². The van der Waals surface area contributed by atoms with Crippen LogP contribution in [0, 0.1) is 11.8 Å². The van der Waals surface area contributed by atoms with Gasteiger partial charge in [0.15, 0.2) is 0 Å². The van der Waals surface area contributed by atoms with Crippen molar-refractivity contribution >= 4 is 17.6 Å². The molecular weight excluding hydrogens is 420 g/mol. The molecule has 2 amide bonds. The molecule has 0 aromatic heterocycles. The van der Waals surface area contributed by atoms with Gasteiger partial charge in [-0.3, -0.25) is 24.2 Å². The summed E-state index contributed by atoms with van der Waals surface area (Å²) in [6.07, 6.45) is 3.74. The van der Waals surface area contributed by atoms with Crippen LogP contribution in [0.15, 0.2) is 18.2 Å². The number of Topliss-reactive ketones (excluding diaryl/α,β-unsaturated/α-hetero) is 1. The van der Waals surface area contributed by atoms with E-state index in [1.54, 1.807) is 7.11 Å². The number of piperidine rings is 1. The number of rotatable bonds is 5. The Balaban J connectivity index is 1.72. The average molecular weight is 459 g/mol. The lowest BCUT2D eigenvalue weighted by molar-refractivity contribution is -0.128. The molecule has 2 N–H and O–H groups in total. The molecule has 1 aromatic carbocycles. The first-order chi connectivity index (χ1) is 15.9. The van der Waals surface area contributed by atoms with Gasteiger partial charge in [0.25, 0.3) is 0 Å². The molecule has 0 saturated carbocycles. The Bertz CT molecular complexity index is 808. The topological polar surface area (TPSA) is 91.0 Å². The van der Waals surface area contributed by atoms with Gasteiger partial charge < -0.3 is 15.4 Å². The van der Waals surface area contributed by atoms with Crippen LogP contribution < -0.4 is 15.4 Å². The molecule has 2 saturated heterocycles. The maximum Gasteiger partial charge on any atom is 0.234 e. The lowest BCUT2D eigenvalue weighted by Gasteiger charge is -2.28. The molecule has 2 aliphatic rings. The molecule has 0 spiro atoms. The molecule has 8 nitrogen and oxygen atoms in total. The molecule has 182 valence electrons. The summed E-state index contributed by atoms with van der Waals surface area (Å²) in [6.45, 7) is 7.94. The summed E-state index contributed by atoms with van der Waals surface area (Å²) in [5.74, 6) is -0.0237. The van der Waals surface area contributed by atoms with Crippen LogP contribution in [-0.2, 0) is 27.5 Å². The third kappa shape index (κ3) is 7.54. The Morgan fingerprint density at radius 3 is 2.06 bits per heavy atom. The molecule has 2 unspecified atom stereocenters. The second-order valence-electron chi connectivity index (χ2n) is 9.44. The Morgan fingerprint density at radius 1 is 0.879 bits per heavy atom. The van der Waals surface area contributed by atoms with Crippen LogP contribution in [0.4, 0.5) is 0 Å². The fraction of sp³-hybridized carbons (Fsp3) is 0.640. The van der Waals surface area contributed by atoms with E-state index in [1.165, 1.54) is 19.3 Å². The van der Waals surface area contributed by atoms with Crippen LogP contribution >= 0.6 is 0 Å². The van der Waals surface area contributed by atoms with Crippen LogP contribution in [0.3, 0.4) is 0 Å². The van der Waals surface area contributed by atoms with Crippen molar-refractivity contribution in [2.24, 2.45) is 11.8 Å². The minimum Gasteiger partial charge on any atom is -0.496 e. The summed E-state index contributed by atoms with van der Waals surface area (Å²) < 4.78 is 5.59. The Morgan fingerprint density at radius 2 is 1.48 bits per heavy atom. The normalized spacial score (nSPS) is 24.4. The maximum absolute atomic E-state index is 12.5. The van der Waals surface area contributed by atoms with Crippen molar-refractivity contribution in [1.82, 2.24) is 20.4 Å². The van der Waals surface area contributed by atoms with E-state index in [0.717, 1.165) is 36.5 Å². The highest BCUT2D eigenvalue weighted by molar-refractivity contribution is 5.86. The van der Waals surface area contributed by atoms with Crippen LogP contribution in [0.25, 0.3) is 0 Å². The minimum absolute atomic E-state index is 0.0486. The smallest absolute Gasteiger partial charge is 0.234 e. The Kier molecular flexibility index (Phi) is 9.26. The van der Waals surface area contributed by atoms with Crippen LogP contribution in [-0.4, -0.2) is 73.8 Å². The molecule has 2 fully saturated rings. The van der Waals surface area contributed by atoms with Gasteiger partial charge in [-0.1, -0.05) is 26.3 Å². The number of methoxy groups -OCH3 is 1. The number of ketones is 1. The first-order valence-electron chi connectivity index (χ1n) is 12.0. The lowest BCUT2D eigenvalue weighted by Crippen LogP contribution is -2.46. The number of likely N-dealkylation sites (tertiary alicyclic amines) is 1. The van der Waals surface area contributed by atoms with E-state index in [4.69, 9.17) is 4.74 Å². The molecular formula is C25H38N4O4. The highest BCUT2D eigenvalue weighted by Gasteiger charge is 2.24. The van der Waals surface area contributed by atoms with E-state index in [-0.39, 0.29) is 42.5 Å². The summed E-state index contributed by atoms with van der Waals surface area (Å²) in [4.78, 5) is 41.8. The molecule has 1 aromatic rings. The average Bonchev–Trinajstić information content (AvgIpc) is 2.80. The van der Waals surface area contributed by atoms with Gasteiger partial charge in [0.2, 0.25) is 11.8 Å². The van der Waals surface area contributed by atoms with Gasteiger partial charge in [-0.15, -0.1) is 0 Å². The van der Waals surface area contributed by atoms with Gasteiger partial charge in [0.1, 0.15) is 11.5 Å². The Hall–Kier alpha value is -2.45. The molecule has 33 heavy (non-hydrogen) atoms. The molecule has 3 rings (SSSR count). The summed E-state index contributed by atoms with van der Waals surface area (Å²) in [6, 6.07) is 6.09. The number of hydrogen-bond donors (Lipinski definition) is 2. The number of ether oxygens (including phenoxy) is 1. The third-order valence-electron chi connectivity index (χ3n) is 6.51. The zero-order valence-corrected chi connectivity index (χ0v) is 20.2. The minimum atomic E-state index is -0.285. The second-order valence-corrected chi connectivity index (χ2v) is 9.44. The van der Waals surface area contributed by atoms with Gasteiger partial charge in [0.05, 0.1) is 20.2 Å². The summed E-state index contributed by atoms with van der Waals surface area (Å²) in [5.41, 5.74) is 2.16. The fourth-order valence-electron chi connectivity index (χ4n) is 4.58. The van der Waals surface area contributed by atoms with E-state index in [0.29, 0.717) is 19.6 Å². The van der Waals surface area contributed by atoms with Gasteiger partial charge in [-0.2, -0.15) is 0 Å². The lowest BCUT2D eigenvalue weighted by atomic mass is 9.95. The van der Waals surface area contributed by atoms with E-state index in [1.807, 2.05) is 30.9 Å². The van der Waals surface area contributed by atoms with E-state index >= 15 is 0 Å². The predicted molar refractivity (Wildman–Crippen MR) is 127 cm³/mol. The number of carbonyl (C=O) groups excluding carboxylic acids is 3. The highest BCUT2D eigenvalue weighted by Crippen LogP contribution is 2.24. The zero-order chi connectivity index (χ0) is 23.8. The van der Waals surface area contributed by atoms with E-state index in [9.17, 15) is 14.4 Å². The molecule has 0 bridgehead atoms. The number of nitrogens with one attached hydrogen (secondary N) is 2. The standard InChI is InChI=1S/C25H38N4O4/c1-18-12-26-23(30)16-29(17-24(31)27-13-19(2)25(18)32)14-20-7-8-22(33-3)21(11-20)15-28-9-5-4-6-10-28/h7-8,11,18-19H,4-6,9-10,12-17H2,1-3H3,(H,26,30)(H,27,31). The number of carbonyl (C=O) groups is 3. The molecule has 0 radical (unpaired) electrons. The SMILES string of the molecule is COc1ccc(CN2CC(=O)NCC(C)C(=O)C(C)CNC(=O)C2)cc1CN1CCCCC1. The maximum atomic E-state index is 12.5. The fourth-order valence-corrected chi connectivity index (χ4v) is 4.58. The van der Waals surface area contributed by atoms with Gasteiger partial charge >= 0.3 is 0 Å². The summed E-state index contributed by atoms with van der Waals surface area (Å²) in [5, 5.41) is 5.71. The molecule has 2 aliphatic heterocycles. The van der Waals surface area contributed by atoms with Gasteiger partial charge in [0, 0.05) is 43.6 Å². The van der Waals surface area contributed by atoms with Gasteiger partial charge in [-0.25, -0.2) is 0 Å². The van der Waals surface area contributed by atoms with Crippen molar-refractivity contribution in [2.45, 2.75) is 46.2 Å². The van der Waals surface area contributed by atoms with Crippen molar-refractivity contribution < 1.29 is 19.1 Å². The molecule has 0 aliphatic carbocycles. The molecule has 8 heteroatoms. The van der Waals surface area contributed by atoms with E-state index < -0.39 is 0 Å². The summed E-state index contributed by atoms with van der Waals surface area (Å²) in [7, 11) is 1.69. The number of benzene rings is 1. The van der Waals surface area contributed by atoms with Crippen LogP contribution in [0.2, 0.25) is 0 Å². The first-order valence-corrected chi connectivity index (χ1v) is 12.0. The van der Waals surface area contributed by atoms with Crippen molar-refractivity contribution in [3.63, 3.8) is 0 Å². The van der Waals surface area contributed by atoms with Crippen LogP contribution in [0.1, 0.15) is 44.2 Å². The zero-order valence-electron chi connectivity index (χ0n) is 20.2. The monoisotopic (exact) mass is 458 g/mol. The quantitative estimate of drug-likeness (QED) is 0.696. The largest absolute Gasteiger partial charge is 0.496 e. The number of amides is 2. The van der Waals surface area contributed by atoms with Crippen molar-refractivity contribution in [3.8, 4) is 5.75 Å². The van der Waals surface area contributed by atoms with Crippen LogP contribution in [0.5, 0.6) is 5.75 Å². The number of hydrogen-bond acceptors (Lipinski definition) is 6. The van der Waals surface area contributed by atoms with Crippen molar-refractivity contribution in [2.75, 3.05) is 46.4 Å². The van der Waals surface area contributed by atoms with Gasteiger partial charge in [-0.05, 0) is 43.6 Å². The van der Waals surface area contributed by atoms with Crippen molar-refractivity contribution in [3.05, 3.63) is 29.3 Å². The third-order valence-corrected chi connectivity index (χ3v) is 6.51. The van der Waals surface area contributed by atoms with Crippen molar-refractivity contribution in [1.29, 1.82) is 0 Å².